The van der Waals surface area contributed by atoms with Crippen molar-refractivity contribution in [1.82, 2.24) is 5.32 Å². The Balaban J connectivity index is 1.69. The summed E-state index contributed by atoms with van der Waals surface area (Å²) in [6.45, 7) is -0.156. The van der Waals surface area contributed by atoms with Gasteiger partial charge in [0, 0.05) is 11.3 Å². The first-order valence-electron chi connectivity index (χ1n) is 8.16. The van der Waals surface area contributed by atoms with Crippen LogP contribution in [0.4, 0.5) is 5.69 Å². The van der Waals surface area contributed by atoms with E-state index in [1.54, 1.807) is 36.4 Å². The predicted octanol–water partition coefficient (Wildman–Crippen LogP) is 3.57. The molecule has 27 heavy (non-hydrogen) atoms. The molecule has 0 unspecified atom stereocenters. The summed E-state index contributed by atoms with van der Waals surface area (Å²) in [7, 11) is 1.50. The fraction of sp³-hybridized carbons (Fsp3) is 0.100. The summed E-state index contributed by atoms with van der Waals surface area (Å²) in [4.78, 5) is 12.4. The molecule has 0 spiro atoms. The van der Waals surface area contributed by atoms with Crippen molar-refractivity contribution in [3.8, 4) is 17.1 Å². The third kappa shape index (κ3) is 4.52. The van der Waals surface area contributed by atoms with Crippen molar-refractivity contribution in [3.05, 3.63) is 72.0 Å². The van der Waals surface area contributed by atoms with Crippen LogP contribution in [0.3, 0.4) is 0 Å². The molecule has 138 valence electrons. The number of methoxy groups -OCH3 is 1. The fourth-order valence-electron chi connectivity index (χ4n) is 2.53. The molecule has 2 aromatic carbocycles. The lowest BCUT2D eigenvalue weighted by Crippen LogP contribution is -2.34. The van der Waals surface area contributed by atoms with E-state index >= 15 is 0 Å². The van der Waals surface area contributed by atoms with Crippen molar-refractivity contribution in [3.63, 3.8) is 0 Å². The molecule has 0 aliphatic heterocycles. The summed E-state index contributed by atoms with van der Waals surface area (Å²) < 4.78 is 10.7. The van der Waals surface area contributed by atoms with Crippen molar-refractivity contribution < 1.29 is 19.1 Å². The van der Waals surface area contributed by atoms with E-state index in [0.717, 1.165) is 5.56 Å². The molecule has 6 nitrogen and oxygen atoms in total. The zero-order chi connectivity index (χ0) is 19.2. The van der Waals surface area contributed by atoms with Gasteiger partial charge in [0.05, 0.1) is 12.7 Å². The first kappa shape index (κ1) is 18.6. The topological polar surface area (TPSA) is 83.7 Å². The molecule has 1 aromatic heterocycles. The molecule has 3 aromatic rings. The van der Waals surface area contributed by atoms with E-state index < -0.39 is 0 Å². The van der Waals surface area contributed by atoms with E-state index in [9.17, 15) is 4.79 Å². The number of carbonyl (C=O) groups is 1. The number of hydrogen-bond acceptors (Lipinski definition) is 5. The number of amides is 1. The number of ether oxygens (including phenoxy) is 1. The standard InChI is InChI=1S/C20H18N2O4S/c1-25-18-8-3-2-7-16(18)19(24)22-20(27)21-14-6-4-5-13(11-14)17-10-9-15(12-23)26-17/h2-11,23H,12H2,1H3,(H2,21,22,24,27). The molecule has 0 bridgehead atoms. The number of thiocarbonyl (C=S) groups is 1. The normalized spacial score (nSPS) is 10.3. The monoisotopic (exact) mass is 382 g/mol. The molecule has 0 saturated heterocycles. The lowest BCUT2D eigenvalue weighted by Gasteiger charge is -2.12. The van der Waals surface area contributed by atoms with E-state index in [2.05, 4.69) is 10.6 Å². The zero-order valence-corrected chi connectivity index (χ0v) is 15.4. The van der Waals surface area contributed by atoms with Crippen LogP contribution < -0.4 is 15.4 Å². The molecule has 0 aliphatic carbocycles. The van der Waals surface area contributed by atoms with Crippen molar-refractivity contribution in [2.75, 3.05) is 12.4 Å². The second kappa shape index (κ2) is 8.48. The SMILES string of the molecule is COc1ccccc1C(=O)NC(=S)Nc1cccc(-c2ccc(CO)o2)c1. The summed E-state index contributed by atoms with van der Waals surface area (Å²) in [6.07, 6.45) is 0. The Labute approximate surface area is 161 Å². The van der Waals surface area contributed by atoms with E-state index in [0.29, 0.717) is 28.5 Å². The van der Waals surface area contributed by atoms with E-state index in [-0.39, 0.29) is 17.6 Å². The van der Waals surface area contributed by atoms with Gasteiger partial charge >= 0.3 is 0 Å². The van der Waals surface area contributed by atoms with Crippen LogP contribution in [0.1, 0.15) is 16.1 Å². The Morgan fingerprint density at radius 1 is 1.15 bits per heavy atom. The molecule has 0 aliphatic rings. The Hall–Kier alpha value is -3.16. The summed E-state index contributed by atoms with van der Waals surface area (Å²) in [5.41, 5.74) is 1.91. The van der Waals surface area contributed by atoms with Gasteiger partial charge in [0.1, 0.15) is 23.9 Å². The average molecular weight is 382 g/mol. The van der Waals surface area contributed by atoms with Gasteiger partial charge in [0.15, 0.2) is 5.11 Å². The van der Waals surface area contributed by atoms with E-state index in [1.165, 1.54) is 7.11 Å². The zero-order valence-electron chi connectivity index (χ0n) is 14.6. The lowest BCUT2D eigenvalue weighted by atomic mass is 10.1. The molecule has 1 heterocycles. The minimum atomic E-state index is -0.361. The number of para-hydroxylation sites is 1. The highest BCUT2D eigenvalue weighted by atomic mass is 32.1. The second-order valence-corrected chi connectivity index (χ2v) is 6.02. The molecular formula is C20H18N2O4S. The summed E-state index contributed by atoms with van der Waals surface area (Å²) in [5, 5.41) is 14.9. The highest BCUT2D eigenvalue weighted by Gasteiger charge is 2.13. The van der Waals surface area contributed by atoms with Crippen molar-refractivity contribution in [1.29, 1.82) is 0 Å². The molecule has 0 fully saturated rings. The van der Waals surface area contributed by atoms with Crippen LogP contribution in [0.2, 0.25) is 0 Å². The lowest BCUT2D eigenvalue weighted by molar-refractivity contribution is 0.0975. The van der Waals surface area contributed by atoms with Crippen molar-refractivity contribution >= 4 is 28.9 Å². The van der Waals surface area contributed by atoms with Crippen molar-refractivity contribution in [2.45, 2.75) is 6.61 Å². The van der Waals surface area contributed by atoms with Crippen LogP contribution in [-0.2, 0) is 6.61 Å². The van der Waals surface area contributed by atoms with Gasteiger partial charge in [-0.1, -0.05) is 24.3 Å². The molecule has 0 saturated carbocycles. The smallest absolute Gasteiger partial charge is 0.261 e. The van der Waals surface area contributed by atoms with Crippen LogP contribution in [-0.4, -0.2) is 23.2 Å². The number of hydrogen-bond donors (Lipinski definition) is 3. The minimum Gasteiger partial charge on any atom is -0.496 e. The van der Waals surface area contributed by atoms with Gasteiger partial charge in [0.2, 0.25) is 0 Å². The maximum Gasteiger partial charge on any atom is 0.261 e. The minimum absolute atomic E-state index is 0.156. The van der Waals surface area contributed by atoms with Gasteiger partial charge in [0.25, 0.3) is 5.91 Å². The van der Waals surface area contributed by atoms with Crippen LogP contribution in [0.25, 0.3) is 11.3 Å². The number of benzene rings is 2. The van der Waals surface area contributed by atoms with Gasteiger partial charge in [-0.15, -0.1) is 0 Å². The fourth-order valence-corrected chi connectivity index (χ4v) is 2.74. The molecule has 0 atom stereocenters. The number of anilines is 1. The van der Waals surface area contributed by atoms with E-state index in [1.807, 2.05) is 24.3 Å². The van der Waals surface area contributed by atoms with Gasteiger partial charge < -0.3 is 19.6 Å². The number of carbonyl (C=O) groups excluding carboxylic acids is 1. The highest BCUT2D eigenvalue weighted by Crippen LogP contribution is 2.25. The summed E-state index contributed by atoms with van der Waals surface area (Å²) in [6, 6.07) is 17.8. The maximum absolute atomic E-state index is 12.4. The number of rotatable bonds is 5. The van der Waals surface area contributed by atoms with Crippen LogP contribution in [0.15, 0.2) is 65.1 Å². The first-order valence-corrected chi connectivity index (χ1v) is 8.57. The van der Waals surface area contributed by atoms with Gasteiger partial charge in [-0.25, -0.2) is 0 Å². The molecule has 3 N–H and O–H groups in total. The Bertz CT molecular complexity index is 968. The maximum atomic E-state index is 12.4. The quantitative estimate of drug-likeness (QED) is 0.585. The molecular weight excluding hydrogens is 364 g/mol. The third-order valence-electron chi connectivity index (χ3n) is 3.80. The van der Waals surface area contributed by atoms with Crippen molar-refractivity contribution in [2.24, 2.45) is 0 Å². The highest BCUT2D eigenvalue weighted by molar-refractivity contribution is 7.80. The van der Waals surface area contributed by atoms with Gasteiger partial charge in [-0.05, 0) is 48.6 Å². The second-order valence-electron chi connectivity index (χ2n) is 5.61. The van der Waals surface area contributed by atoms with Crippen LogP contribution in [0.5, 0.6) is 5.75 Å². The number of aliphatic hydroxyl groups excluding tert-OH is 1. The van der Waals surface area contributed by atoms with Crippen LogP contribution >= 0.6 is 12.2 Å². The molecule has 0 radical (unpaired) electrons. The number of furan rings is 1. The number of nitrogens with one attached hydrogen (secondary N) is 2. The molecule has 7 heteroatoms. The van der Waals surface area contributed by atoms with E-state index in [4.69, 9.17) is 26.5 Å². The largest absolute Gasteiger partial charge is 0.496 e. The Morgan fingerprint density at radius 2 is 1.96 bits per heavy atom. The van der Waals surface area contributed by atoms with Crippen LogP contribution in [0, 0.1) is 0 Å². The summed E-state index contributed by atoms with van der Waals surface area (Å²) >= 11 is 5.23. The predicted molar refractivity (Wildman–Crippen MR) is 107 cm³/mol. The molecule has 1 amide bonds. The van der Waals surface area contributed by atoms with Gasteiger partial charge in [-0.3, -0.25) is 10.1 Å². The number of aliphatic hydroxyl groups is 1. The Morgan fingerprint density at radius 3 is 2.70 bits per heavy atom. The average Bonchev–Trinajstić information content (AvgIpc) is 3.17. The Kier molecular flexibility index (Phi) is 5.85. The third-order valence-corrected chi connectivity index (χ3v) is 4.01. The van der Waals surface area contributed by atoms with Gasteiger partial charge in [-0.2, -0.15) is 0 Å². The summed E-state index contributed by atoms with van der Waals surface area (Å²) in [5.74, 6) is 1.23. The molecule has 3 rings (SSSR count). The first-order chi connectivity index (χ1) is 13.1.